The molecule has 0 amide bonds. The lowest BCUT2D eigenvalue weighted by Crippen LogP contribution is -2.24. The van der Waals surface area contributed by atoms with Gasteiger partial charge in [-0.05, 0) is 39.9 Å². The van der Waals surface area contributed by atoms with Gasteiger partial charge in [-0.2, -0.15) is 5.10 Å². The normalized spacial score (nSPS) is 13.3. The SMILES string of the molecule is CC(CCN(C)C)Nc1c(N)c(C(C)C)nn1C. The van der Waals surface area contributed by atoms with E-state index in [-0.39, 0.29) is 0 Å². The van der Waals surface area contributed by atoms with Crippen LogP contribution in [0.25, 0.3) is 0 Å². The van der Waals surface area contributed by atoms with E-state index in [0.717, 1.165) is 30.2 Å². The minimum absolute atomic E-state index is 0.351. The summed E-state index contributed by atoms with van der Waals surface area (Å²) in [7, 11) is 6.10. The fraction of sp³-hybridized carbons (Fsp3) is 0.769. The lowest BCUT2D eigenvalue weighted by atomic mass is 10.1. The number of anilines is 2. The molecule has 3 N–H and O–H groups in total. The van der Waals surface area contributed by atoms with E-state index in [0.29, 0.717) is 12.0 Å². The van der Waals surface area contributed by atoms with E-state index in [4.69, 9.17) is 5.73 Å². The first-order chi connectivity index (χ1) is 8.32. The Hall–Kier alpha value is -1.23. The molecule has 18 heavy (non-hydrogen) atoms. The van der Waals surface area contributed by atoms with Crippen molar-refractivity contribution in [3.05, 3.63) is 5.69 Å². The van der Waals surface area contributed by atoms with Gasteiger partial charge in [0.15, 0.2) is 0 Å². The largest absolute Gasteiger partial charge is 0.394 e. The molecule has 5 heteroatoms. The van der Waals surface area contributed by atoms with Crippen LogP contribution in [0.3, 0.4) is 0 Å². The molecule has 5 nitrogen and oxygen atoms in total. The molecule has 0 saturated carbocycles. The molecule has 0 aliphatic rings. The molecule has 0 spiro atoms. The van der Waals surface area contributed by atoms with Crippen LogP contribution in [-0.2, 0) is 7.05 Å². The average Bonchev–Trinajstić information content (AvgIpc) is 2.54. The maximum atomic E-state index is 6.15. The van der Waals surface area contributed by atoms with Gasteiger partial charge in [0.25, 0.3) is 0 Å². The molecule has 0 saturated heterocycles. The van der Waals surface area contributed by atoms with E-state index in [1.165, 1.54) is 0 Å². The topological polar surface area (TPSA) is 59.1 Å². The summed E-state index contributed by atoms with van der Waals surface area (Å²) in [4.78, 5) is 2.18. The first-order valence-electron chi connectivity index (χ1n) is 6.56. The Kier molecular flexibility index (Phi) is 5.02. The number of hydrogen-bond donors (Lipinski definition) is 2. The van der Waals surface area contributed by atoms with Gasteiger partial charge in [-0.3, -0.25) is 4.68 Å². The van der Waals surface area contributed by atoms with Gasteiger partial charge >= 0.3 is 0 Å². The summed E-state index contributed by atoms with van der Waals surface area (Å²) in [6, 6.07) is 0.380. The highest BCUT2D eigenvalue weighted by atomic mass is 15.3. The Bertz CT molecular complexity index is 381. The Labute approximate surface area is 110 Å². The average molecular weight is 253 g/mol. The van der Waals surface area contributed by atoms with Crippen molar-refractivity contribution in [3.63, 3.8) is 0 Å². The number of rotatable bonds is 6. The molecule has 1 atom stereocenters. The molecule has 1 unspecified atom stereocenters. The van der Waals surface area contributed by atoms with Gasteiger partial charge in [-0.25, -0.2) is 0 Å². The van der Waals surface area contributed by atoms with Crippen LogP contribution in [-0.4, -0.2) is 41.4 Å². The van der Waals surface area contributed by atoms with Crippen LogP contribution in [0.5, 0.6) is 0 Å². The molecular formula is C13H27N5. The summed E-state index contributed by atoms with van der Waals surface area (Å²) in [5, 5.41) is 7.93. The van der Waals surface area contributed by atoms with Crippen LogP contribution in [0.4, 0.5) is 11.5 Å². The molecule has 0 bridgehead atoms. The Morgan fingerprint density at radius 2 is 1.94 bits per heavy atom. The number of nitrogens with one attached hydrogen (secondary N) is 1. The summed E-state index contributed by atoms with van der Waals surface area (Å²) < 4.78 is 1.84. The van der Waals surface area contributed by atoms with Crippen molar-refractivity contribution in [2.75, 3.05) is 31.7 Å². The van der Waals surface area contributed by atoms with E-state index in [1.807, 2.05) is 11.7 Å². The molecule has 1 aromatic heterocycles. The molecule has 0 aromatic carbocycles. The monoisotopic (exact) mass is 253 g/mol. The van der Waals surface area contributed by atoms with Crippen molar-refractivity contribution in [1.29, 1.82) is 0 Å². The second kappa shape index (κ2) is 6.09. The molecule has 0 fully saturated rings. The Morgan fingerprint density at radius 3 is 2.39 bits per heavy atom. The standard InChI is InChI=1S/C13H27N5/c1-9(2)12-11(14)13(18(6)16-12)15-10(3)7-8-17(4)5/h9-10,15H,7-8,14H2,1-6H3. The zero-order valence-electron chi connectivity index (χ0n) is 12.5. The maximum Gasteiger partial charge on any atom is 0.147 e. The van der Waals surface area contributed by atoms with Crippen LogP contribution < -0.4 is 11.1 Å². The molecular weight excluding hydrogens is 226 g/mol. The third-order valence-corrected chi connectivity index (χ3v) is 3.05. The fourth-order valence-corrected chi connectivity index (χ4v) is 1.92. The van der Waals surface area contributed by atoms with Crippen molar-refractivity contribution >= 4 is 11.5 Å². The van der Waals surface area contributed by atoms with Crippen molar-refractivity contribution in [2.24, 2.45) is 7.05 Å². The van der Waals surface area contributed by atoms with Gasteiger partial charge in [-0.15, -0.1) is 0 Å². The lowest BCUT2D eigenvalue weighted by Gasteiger charge is -2.18. The first-order valence-corrected chi connectivity index (χ1v) is 6.56. The fourth-order valence-electron chi connectivity index (χ4n) is 1.92. The summed E-state index contributed by atoms with van der Waals surface area (Å²) in [5.41, 5.74) is 7.91. The van der Waals surface area contributed by atoms with Crippen molar-refractivity contribution in [1.82, 2.24) is 14.7 Å². The van der Waals surface area contributed by atoms with Crippen LogP contribution in [0.1, 0.15) is 38.8 Å². The molecule has 0 aliphatic heterocycles. The summed E-state index contributed by atoms with van der Waals surface area (Å²) in [5.74, 6) is 1.29. The smallest absolute Gasteiger partial charge is 0.147 e. The summed E-state index contributed by atoms with van der Waals surface area (Å²) >= 11 is 0. The van der Waals surface area contributed by atoms with Crippen molar-refractivity contribution in [2.45, 2.75) is 39.2 Å². The predicted octanol–water partition coefficient (Wildman–Crippen LogP) is 1.88. The third kappa shape index (κ3) is 3.63. The van der Waals surface area contributed by atoms with E-state index >= 15 is 0 Å². The number of hydrogen-bond acceptors (Lipinski definition) is 4. The number of nitrogens with zero attached hydrogens (tertiary/aromatic N) is 3. The minimum Gasteiger partial charge on any atom is -0.394 e. The van der Waals surface area contributed by atoms with Gasteiger partial charge in [0.05, 0.1) is 11.4 Å². The quantitative estimate of drug-likeness (QED) is 0.812. The molecule has 1 rings (SSSR count). The second-order valence-electron chi connectivity index (χ2n) is 5.56. The van der Waals surface area contributed by atoms with Crippen LogP contribution >= 0.6 is 0 Å². The van der Waals surface area contributed by atoms with Crippen LogP contribution in [0.2, 0.25) is 0 Å². The summed E-state index contributed by atoms with van der Waals surface area (Å²) in [6.07, 6.45) is 1.08. The van der Waals surface area contributed by atoms with E-state index in [1.54, 1.807) is 0 Å². The van der Waals surface area contributed by atoms with Gasteiger partial charge in [0, 0.05) is 13.1 Å². The zero-order chi connectivity index (χ0) is 13.9. The summed E-state index contributed by atoms with van der Waals surface area (Å²) in [6.45, 7) is 7.45. The first kappa shape index (κ1) is 14.8. The third-order valence-electron chi connectivity index (χ3n) is 3.05. The van der Waals surface area contributed by atoms with Gasteiger partial charge < -0.3 is 16.0 Å². The lowest BCUT2D eigenvalue weighted by molar-refractivity contribution is 0.390. The van der Waals surface area contributed by atoms with Crippen molar-refractivity contribution in [3.8, 4) is 0 Å². The van der Waals surface area contributed by atoms with Gasteiger partial charge in [-0.1, -0.05) is 13.8 Å². The van der Waals surface area contributed by atoms with E-state index in [9.17, 15) is 0 Å². The van der Waals surface area contributed by atoms with E-state index in [2.05, 4.69) is 50.2 Å². The number of aryl methyl sites for hydroxylation is 1. The molecule has 104 valence electrons. The number of nitrogen functional groups attached to an aromatic ring is 1. The zero-order valence-corrected chi connectivity index (χ0v) is 12.5. The highest BCUT2D eigenvalue weighted by molar-refractivity contribution is 5.66. The highest BCUT2D eigenvalue weighted by Crippen LogP contribution is 2.28. The molecule has 0 radical (unpaired) electrons. The number of aromatic nitrogens is 2. The molecule has 1 heterocycles. The Morgan fingerprint density at radius 1 is 1.33 bits per heavy atom. The number of nitrogens with two attached hydrogens (primary N) is 1. The Balaban J connectivity index is 2.72. The van der Waals surface area contributed by atoms with Gasteiger partial charge in [0.1, 0.15) is 5.82 Å². The molecule has 1 aromatic rings. The van der Waals surface area contributed by atoms with Crippen molar-refractivity contribution < 1.29 is 0 Å². The molecule has 0 aliphatic carbocycles. The van der Waals surface area contributed by atoms with Gasteiger partial charge in [0.2, 0.25) is 0 Å². The second-order valence-corrected chi connectivity index (χ2v) is 5.56. The highest BCUT2D eigenvalue weighted by Gasteiger charge is 2.17. The predicted molar refractivity (Wildman–Crippen MR) is 78.0 cm³/mol. The van der Waals surface area contributed by atoms with Crippen LogP contribution in [0.15, 0.2) is 0 Å². The van der Waals surface area contributed by atoms with E-state index < -0.39 is 0 Å². The van der Waals surface area contributed by atoms with Crippen LogP contribution in [0, 0.1) is 0 Å². The minimum atomic E-state index is 0.351. The maximum absolute atomic E-state index is 6.15.